The molecule has 2 N–H and O–H groups in total. The maximum absolute atomic E-state index is 13.5. The molecule has 0 spiro atoms. The number of carbonyl (C=O) groups is 2. The summed E-state index contributed by atoms with van der Waals surface area (Å²) in [5.41, 5.74) is 0. The first-order valence-electron chi connectivity index (χ1n) is 7.59. The Morgan fingerprint density at radius 2 is 1.03 bits per heavy atom. The third-order valence-corrected chi connectivity index (χ3v) is 3.90. The maximum Gasteiger partial charge on any atom is 0.460 e. The van der Waals surface area contributed by atoms with Crippen molar-refractivity contribution < 1.29 is 80.6 Å². The van der Waals surface area contributed by atoms with Gasteiger partial charge in [0.25, 0.3) is 5.91 Å². The topological polar surface area (TPSA) is 66.4 Å². The number of aliphatic carboxylic acids is 1. The molecule has 1 atom stereocenters. The van der Waals surface area contributed by atoms with Crippen LogP contribution in [0, 0.1) is 5.92 Å². The van der Waals surface area contributed by atoms with Gasteiger partial charge in [-0.3, -0.25) is 9.59 Å². The molecule has 0 aliphatic rings. The van der Waals surface area contributed by atoms with E-state index in [1.54, 1.807) is 0 Å². The van der Waals surface area contributed by atoms with Gasteiger partial charge in [0.05, 0.1) is 5.92 Å². The molecule has 4 nitrogen and oxygen atoms in total. The molecule has 0 aromatic carbocycles. The van der Waals surface area contributed by atoms with Crippen molar-refractivity contribution in [1.82, 2.24) is 5.32 Å². The summed E-state index contributed by atoms with van der Waals surface area (Å²) >= 11 is 0. The van der Waals surface area contributed by atoms with Gasteiger partial charge in [0.2, 0.25) is 0 Å². The maximum atomic E-state index is 13.5. The zero-order valence-corrected chi connectivity index (χ0v) is 14.9. The van der Waals surface area contributed by atoms with Crippen molar-refractivity contribution in [3.63, 3.8) is 0 Å². The largest absolute Gasteiger partial charge is 0.481 e. The molecule has 19 heteroatoms. The molecular formula is C13H10F15NO3. The summed E-state index contributed by atoms with van der Waals surface area (Å²) < 4.78 is 194. The number of rotatable bonds is 10. The van der Waals surface area contributed by atoms with Crippen molar-refractivity contribution in [2.24, 2.45) is 5.92 Å². The number of halogens is 15. The normalized spacial score (nSPS) is 16.0. The monoisotopic (exact) mass is 513 g/mol. The Morgan fingerprint density at radius 3 is 1.38 bits per heavy atom. The molecule has 0 radical (unpaired) electrons. The van der Waals surface area contributed by atoms with Crippen molar-refractivity contribution >= 4 is 11.9 Å². The van der Waals surface area contributed by atoms with E-state index in [1.807, 2.05) is 0 Å². The van der Waals surface area contributed by atoms with E-state index >= 15 is 0 Å². The Balaban J connectivity index is 6.15. The summed E-state index contributed by atoms with van der Waals surface area (Å²) in [7, 11) is 0. The van der Waals surface area contributed by atoms with Gasteiger partial charge in [-0.1, -0.05) is 6.92 Å². The molecule has 190 valence electrons. The Morgan fingerprint density at radius 1 is 0.688 bits per heavy atom. The van der Waals surface area contributed by atoms with Crippen LogP contribution < -0.4 is 5.32 Å². The molecule has 0 saturated carbocycles. The Bertz CT molecular complexity index is 716. The fraction of sp³-hybridized carbons (Fsp3) is 0.846. The Labute approximate surface area is 166 Å². The highest BCUT2D eigenvalue weighted by Crippen LogP contribution is 2.62. The quantitative estimate of drug-likeness (QED) is 0.421. The number of hydrogen-bond donors (Lipinski definition) is 2. The van der Waals surface area contributed by atoms with Crippen LogP contribution in [0.25, 0.3) is 0 Å². The fourth-order valence-electron chi connectivity index (χ4n) is 1.75. The average molecular weight is 513 g/mol. The second-order valence-corrected chi connectivity index (χ2v) is 6.23. The smallest absolute Gasteiger partial charge is 0.460 e. The number of carboxylic acids is 1. The summed E-state index contributed by atoms with van der Waals surface area (Å²) in [5.74, 6) is -55.0. The number of carbonyl (C=O) groups excluding carboxylic acids is 1. The minimum Gasteiger partial charge on any atom is -0.481 e. The number of amides is 1. The summed E-state index contributed by atoms with van der Waals surface area (Å²) in [6.45, 7) is -0.416. The number of hydrogen-bond acceptors (Lipinski definition) is 2. The molecule has 0 aromatic heterocycles. The first-order valence-corrected chi connectivity index (χ1v) is 7.59. The fourth-order valence-corrected chi connectivity index (χ4v) is 1.75. The van der Waals surface area contributed by atoms with Gasteiger partial charge in [-0.05, 0) is 6.42 Å². The van der Waals surface area contributed by atoms with Crippen molar-refractivity contribution in [3.05, 3.63) is 0 Å². The Kier molecular flexibility index (Phi) is 7.80. The molecule has 0 aliphatic heterocycles. The zero-order valence-electron chi connectivity index (χ0n) is 14.9. The summed E-state index contributed by atoms with van der Waals surface area (Å²) in [5, 5.41) is 9.16. The van der Waals surface area contributed by atoms with Gasteiger partial charge in [0.15, 0.2) is 0 Å². The standard InChI is InChI=1S/C13H10F15NO3/c1-4(5(30)31)2-3-29-6(32)7(14,15)8(16,17)9(18,19)10(20,21)11(22,23)12(24,25)13(26,27)28/h4H,2-3H2,1H3,(H,29,32)(H,30,31). The third-order valence-electron chi connectivity index (χ3n) is 3.90. The number of alkyl halides is 15. The van der Waals surface area contributed by atoms with Gasteiger partial charge in [-0.15, -0.1) is 0 Å². The molecule has 0 aromatic rings. The van der Waals surface area contributed by atoms with Crippen molar-refractivity contribution in [2.75, 3.05) is 6.54 Å². The lowest BCUT2D eigenvalue weighted by Crippen LogP contribution is -2.74. The van der Waals surface area contributed by atoms with E-state index in [2.05, 4.69) is 0 Å². The highest BCUT2D eigenvalue weighted by Gasteiger charge is 2.94. The van der Waals surface area contributed by atoms with Crippen LogP contribution in [-0.2, 0) is 9.59 Å². The minimum atomic E-state index is -8.48. The average Bonchev–Trinajstić information content (AvgIpc) is 2.59. The van der Waals surface area contributed by atoms with Gasteiger partial charge < -0.3 is 10.4 Å². The van der Waals surface area contributed by atoms with E-state index in [0.29, 0.717) is 5.32 Å². The SMILES string of the molecule is CC(CCNC(=O)C(F)(F)C(F)(F)C(F)(F)C(F)(F)C(F)(F)C(F)(F)C(F)(F)F)C(=O)O. The first kappa shape index (κ1) is 29.9. The van der Waals surface area contributed by atoms with Crippen LogP contribution in [0.2, 0.25) is 0 Å². The lowest BCUT2D eigenvalue weighted by atomic mass is 9.91. The van der Waals surface area contributed by atoms with Crippen LogP contribution in [0.1, 0.15) is 13.3 Å². The predicted octanol–water partition coefficient (Wildman–Crippen LogP) is 4.59. The molecule has 0 aliphatic carbocycles. The second-order valence-electron chi connectivity index (χ2n) is 6.23. The minimum absolute atomic E-state index is 0.705. The van der Waals surface area contributed by atoms with E-state index in [0.717, 1.165) is 6.92 Å². The van der Waals surface area contributed by atoms with Crippen molar-refractivity contribution in [1.29, 1.82) is 0 Å². The van der Waals surface area contributed by atoms with Crippen LogP contribution in [0.5, 0.6) is 0 Å². The summed E-state index contributed by atoms with van der Waals surface area (Å²) in [6.07, 6.45) is -8.54. The van der Waals surface area contributed by atoms with Crippen LogP contribution in [-0.4, -0.2) is 65.2 Å². The van der Waals surface area contributed by atoms with Crippen molar-refractivity contribution in [2.45, 2.75) is 55.1 Å². The molecule has 0 heterocycles. The molecule has 0 bridgehead atoms. The van der Waals surface area contributed by atoms with Crippen LogP contribution in [0.3, 0.4) is 0 Å². The van der Waals surface area contributed by atoms with E-state index < -0.39 is 72.5 Å². The number of carboxylic acid groups (broad SMARTS) is 1. The molecule has 0 rings (SSSR count). The summed E-state index contributed by atoms with van der Waals surface area (Å²) in [6, 6.07) is 0. The molecule has 1 amide bonds. The van der Waals surface area contributed by atoms with Gasteiger partial charge >= 0.3 is 47.7 Å². The third kappa shape index (κ3) is 4.38. The molecule has 32 heavy (non-hydrogen) atoms. The molecule has 0 fully saturated rings. The molecule has 0 saturated heterocycles. The van der Waals surface area contributed by atoms with Crippen molar-refractivity contribution in [3.8, 4) is 0 Å². The highest BCUT2D eigenvalue weighted by molar-refractivity contribution is 5.85. The van der Waals surface area contributed by atoms with Gasteiger partial charge in [0.1, 0.15) is 0 Å². The summed E-state index contributed by atoms with van der Waals surface area (Å²) in [4.78, 5) is 21.5. The van der Waals surface area contributed by atoms with E-state index in [9.17, 15) is 75.4 Å². The van der Waals surface area contributed by atoms with Gasteiger partial charge in [0, 0.05) is 6.54 Å². The van der Waals surface area contributed by atoms with E-state index in [-0.39, 0.29) is 0 Å². The molecule has 1 unspecified atom stereocenters. The van der Waals surface area contributed by atoms with Crippen LogP contribution in [0.15, 0.2) is 0 Å². The lowest BCUT2D eigenvalue weighted by molar-refractivity contribution is -0.449. The highest BCUT2D eigenvalue weighted by atomic mass is 19.4. The first-order chi connectivity index (χ1) is 13.7. The van der Waals surface area contributed by atoms with E-state index in [4.69, 9.17) is 5.11 Å². The van der Waals surface area contributed by atoms with Gasteiger partial charge in [-0.2, -0.15) is 65.9 Å². The lowest BCUT2D eigenvalue weighted by Gasteiger charge is -2.41. The van der Waals surface area contributed by atoms with E-state index in [1.165, 1.54) is 0 Å². The molecular weight excluding hydrogens is 503 g/mol. The van der Waals surface area contributed by atoms with Crippen LogP contribution >= 0.6 is 0 Å². The second kappa shape index (κ2) is 8.35. The van der Waals surface area contributed by atoms with Crippen LogP contribution in [0.4, 0.5) is 65.9 Å². The number of nitrogens with one attached hydrogen (secondary N) is 1. The Hall–Kier alpha value is -2.11. The predicted molar refractivity (Wildman–Crippen MR) is 70.2 cm³/mol. The van der Waals surface area contributed by atoms with Gasteiger partial charge in [-0.25, -0.2) is 0 Å². The zero-order chi connectivity index (χ0) is 26.4.